The van der Waals surface area contributed by atoms with Crippen LogP contribution in [0.2, 0.25) is 10.0 Å². The van der Waals surface area contributed by atoms with E-state index >= 15 is 0 Å². The molecule has 10 nitrogen and oxygen atoms in total. The molecule has 3 fully saturated rings. The molecule has 35 heavy (non-hydrogen) atoms. The minimum atomic E-state index is -1.25. The third-order valence-electron chi connectivity index (χ3n) is 6.69. The van der Waals surface area contributed by atoms with E-state index in [1.807, 2.05) is 11.8 Å². The van der Waals surface area contributed by atoms with Crippen LogP contribution >= 0.6 is 35.0 Å². The summed E-state index contributed by atoms with van der Waals surface area (Å²) in [5.74, 6) is 0.517. The molecule has 0 aliphatic carbocycles. The lowest BCUT2D eigenvalue weighted by Gasteiger charge is -2.17. The molecule has 1 aromatic carbocycles. The standard InChI is InChI=1S/C22H26Cl2N4O6S/c23-10-5-12-14(6-11(10)24)28(9-25-12)21-20(31)19(30)15(34-21)7-33-17(29)4-2-1-3-16-18-13(8-35-16)26-22(32)27-18/h5-6,9,13,15-16,18-21,30-31H,1-4,7-8H2,(H2,26,27,32)/t13-,15+,16-,18-,19?,20-,21+/m0/s1. The Bertz CT molecular complexity index is 1120. The minimum absolute atomic E-state index is 0.105. The maximum Gasteiger partial charge on any atom is 0.315 e. The number of thioether (sulfide) groups is 1. The topological polar surface area (TPSA) is 135 Å². The van der Waals surface area contributed by atoms with Gasteiger partial charge in [-0.15, -0.1) is 0 Å². The van der Waals surface area contributed by atoms with Crippen molar-refractivity contribution in [3.63, 3.8) is 0 Å². The number of carbonyl (C=O) groups excluding carboxylic acids is 2. The molecule has 4 N–H and O–H groups in total. The fraction of sp³-hybridized carbons (Fsp3) is 0.591. The van der Waals surface area contributed by atoms with Crippen LogP contribution < -0.4 is 10.6 Å². The van der Waals surface area contributed by atoms with E-state index in [4.69, 9.17) is 32.7 Å². The second kappa shape index (κ2) is 10.3. The highest BCUT2D eigenvalue weighted by molar-refractivity contribution is 8.00. The maximum absolute atomic E-state index is 12.2. The molecule has 7 atom stereocenters. The van der Waals surface area contributed by atoms with E-state index in [9.17, 15) is 19.8 Å². The molecule has 2 amide bonds. The van der Waals surface area contributed by atoms with Gasteiger partial charge in [-0.2, -0.15) is 11.8 Å². The van der Waals surface area contributed by atoms with Crippen molar-refractivity contribution >= 4 is 58.0 Å². The Morgan fingerprint density at radius 1 is 1.23 bits per heavy atom. The number of aromatic nitrogens is 2. The van der Waals surface area contributed by atoms with Gasteiger partial charge >= 0.3 is 12.0 Å². The quantitative estimate of drug-likeness (QED) is 0.226. The van der Waals surface area contributed by atoms with Crippen molar-refractivity contribution in [2.24, 2.45) is 0 Å². The van der Waals surface area contributed by atoms with Gasteiger partial charge in [-0.3, -0.25) is 4.79 Å². The smallest absolute Gasteiger partial charge is 0.315 e. The van der Waals surface area contributed by atoms with E-state index in [0.717, 1.165) is 18.6 Å². The van der Waals surface area contributed by atoms with Crippen LogP contribution in [0.3, 0.4) is 0 Å². The van der Waals surface area contributed by atoms with Gasteiger partial charge in [-0.25, -0.2) is 9.78 Å². The van der Waals surface area contributed by atoms with Crippen LogP contribution in [0.1, 0.15) is 31.9 Å². The Morgan fingerprint density at radius 3 is 2.86 bits per heavy atom. The first-order valence-electron chi connectivity index (χ1n) is 11.5. The molecular weight excluding hydrogens is 519 g/mol. The van der Waals surface area contributed by atoms with Gasteiger partial charge in [0.2, 0.25) is 0 Å². The van der Waals surface area contributed by atoms with Crippen molar-refractivity contribution in [3.05, 3.63) is 28.5 Å². The summed E-state index contributed by atoms with van der Waals surface area (Å²) >= 11 is 14.0. The van der Waals surface area contributed by atoms with Crippen LogP contribution in [0.25, 0.3) is 11.0 Å². The fourth-order valence-corrected chi connectivity index (χ4v) is 6.69. The number of esters is 1. The number of amides is 2. The number of halogens is 2. The molecule has 190 valence electrons. The van der Waals surface area contributed by atoms with Crippen LogP contribution in [0.5, 0.6) is 0 Å². The zero-order chi connectivity index (χ0) is 24.7. The first kappa shape index (κ1) is 24.9. The summed E-state index contributed by atoms with van der Waals surface area (Å²) in [5, 5.41) is 27.9. The number of nitrogens with zero attached hydrogens (tertiary/aromatic N) is 2. The van der Waals surface area contributed by atoms with E-state index < -0.39 is 24.5 Å². The van der Waals surface area contributed by atoms with Gasteiger partial charge in [0.1, 0.15) is 24.9 Å². The number of aliphatic hydroxyl groups is 2. The van der Waals surface area contributed by atoms with E-state index in [1.54, 1.807) is 16.7 Å². The molecule has 1 aromatic heterocycles. The van der Waals surface area contributed by atoms with Crippen molar-refractivity contribution in [1.82, 2.24) is 20.2 Å². The molecular formula is C22H26Cl2N4O6S. The fourth-order valence-electron chi connectivity index (χ4n) is 4.83. The number of unbranched alkanes of at least 4 members (excludes halogenated alkanes) is 1. The highest BCUT2D eigenvalue weighted by Gasteiger charge is 2.45. The zero-order valence-corrected chi connectivity index (χ0v) is 20.9. The lowest BCUT2D eigenvalue weighted by Crippen LogP contribution is -2.36. The summed E-state index contributed by atoms with van der Waals surface area (Å²) in [4.78, 5) is 27.9. The average molecular weight is 545 g/mol. The summed E-state index contributed by atoms with van der Waals surface area (Å²) in [6, 6.07) is 3.46. The number of nitrogens with one attached hydrogen (secondary N) is 2. The van der Waals surface area contributed by atoms with Crippen LogP contribution in [0.15, 0.2) is 18.5 Å². The third kappa shape index (κ3) is 5.07. The Balaban J connectivity index is 1.08. The van der Waals surface area contributed by atoms with Gasteiger partial charge in [0.05, 0.1) is 39.5 Å². The lowest BCUT2D eigenvalue weighted by atomic mass is 10.0. The number of ether oxygens (including phenoxy) is 2. The highest BCUT2D eigenvalue weighted by atomic mass is 35.5. The summed E-state index contributed by atoms with van der Waals surface area (Å²) in [6.07, 6.45) is -0.153. The third-order valence-corrected chi connectivity index (χ3v) is 8.93. The zero-order valence-electron chi connectivity index (χ0n) is 18.6. The minimum Gasteiger partial charge on any atom is -0.463 e. The average Bonchev–Trinajstić information content (AvgIpc) is 3.56. The van der Waals surface area contributed by atoms with Gasteiger partial charge in [0.25, 0.3) is 0 Å². The number of hydrogen-bond donors (Lipinski definition) is 4. The van der Waals surface area contributed by atoms with E-state index in [-0.39, 0.29) is 37.1 Å². The highest BCUT2D eigenvalue weighted by Crippen LogP contribution is 2.35. The number of aliphatic hydroxyl groups excluding tert-OH is 2. The normalized spacial score (nSPS) is 32.0. The van der Waals surface area contributed by atoms with E-state index in [1.165, 1.54) is 6.33 Å². The molecule has 3 aliphatic heterocycles. The molecule has 3 aliphatic rings. The number of imidazole rings is 1. The van der Waals surface area contributed by atoms with Crippen molar-refractivity contribution in [2.45, 2.75) is 67.6 Å². The summed E-state index contributed by atoms with van der Waals surface area (Å²) < 4.78 is 12.7. The van der Waals surface area contributed by atoms with Gasteiger partial charge < -0.3 is 34.9 Å². The number of fused-ring (bicyclic) bond motifs is 2. The summed E-state index contributed by atoms with van der Waals surface area (Å²) in [5.41, 5.74) is 1.16. The van der Waals surface area contributed by atoms with Crippen molar-refractivity contribution < 1.29 is 29.3 Å². The number of rotatable bonds is 8. The summed E-state index contributed by atoms with van der Waals surface area (Å²) in [7, 11) is 0. The molecule has 0 bridgehead atoms. The molecule has 5 rings (SSSR count). The van der Waals surface area contributed by atoms with E-state index in [0.29, 0.717) is 32.7 Å². The molecule has 3 saturated heterocycles. The number of urea groups is 1. The monoisotopic (exact) mass is 544 g/mol. The molecule has 4 heterocycles. The number of hydrogen-bond acceptors (Lipinski definition) is 8. The predicted octanol–water partition coefficient (Wildman–Crippen LogP) is 2.23. The number of carbonyl (C=O) groups is 2. The van der Waals surface area contributed by atoms with Gasteiger partial charge in [-0.1, -0.05) is 29.6 Å². The molecule has 0 spiro atoms. The molecule has 2 aromatic rings. The Kier molecular flexibility index (Phi) is 7.34. The van der Waals surface area contributed by atoms with Gasteiger partial charge in [-0.05, 0) is 25.0 Å². The van der Waals surface area contributed by atoms with E-state index in [2.05, 4.69) is 15.6 Å². The lowest BCUT2D eigenvalue weighted by molar-refractivity contribution is -0.150. The molecule has 0 saturated carbocycles. The second-order valence-electron chi connectivity index (χ2n) is 9.00. The van der Waals surface area contributed by atoms with Gasteiger partial charge in [0.15, 0.2) is 6.23 Å². The van der Waals surface area contributed by atoms with Crippen molar-refractivity contribution in [1.29, 1.82) is 0 Å². The maximum atomic E-state index is 12.2. The number of benzene rings is 1. The van der Waals surface area contributed by atoms with Crippen LogP contribution in [-0.2, 0) is 14.3 Å². The largest absolute Gasteiger partial charge is 0.463 e. The van der Waals surface area contributed by atoms with Crippen molar-refractivity contribution in [3.8, 4) is 0 Å². The Labute approximate surface area is 215 Å². The SMILES string of the molecule is O=C1N[C@H]2[C@H](CS[C@H]2CCCCC(=O)OC[C@H]2O[C@@H](n3cnc4cc(Cl)c(Cl)cc43)[C@@H](O)C2O)N1. The van der Waals surface area contributed by atoms with Gasteiger partial charge in [0, 0.05) is 17.4 Å². The Hall–Kier alpha value is -1.76. The first-order chi connectivity index (χ1) is 16.8. The van der Waals surface area contributed by atoms with Crippen molar-refractivity contribution in [2.75, 3.05) is 12.4 Å². The molecule has 13 heteroatoms. The predicted molar refractivity (Wildman–Crippen MR) is 131 cm³/mol. The first-order valence-corrected chi connectivity index (χ1v) is 13.3. The van der Waals surface area contributed by atoms with Crippen LogP contribution in [0, 0.1) is 0 Å². The second-order valence-corrected chi connectivity index (χ2v) is 11.1. The van der Waals surface area contributed by atoms with Crippen LogP contribution in [-0.4, -0.2) is 79.8 Å². The van der Waals surface area contributed by atoms with Crippen LogP contribution in [0.4, 0.5) is 4.79 Å². The Morgan fingerprint density at radius 2 is 2.03 bits per heavy atom. The molecule has 0 radical (unpaired) electrons. The molecule has 1 unspecified atom stereocenters. The summed E-state index contributed by atoms with van der Waals surface area (Å²) in [6.45, 7) is -0.174.